The largest absolute Gasteiger partial charge is 0.493 e. The van der Waals surface area contributed by atoms with Crippen LogP contribution in [0.4, 0.5) is 5.69 Å². The average Bonchev–Trinajstić information content (AvgIpc) is 2.79. The Morgan fingerprint density at radius 1 is 1.17 bits per heavy atom. The summed E-state index contributed by atoms with van der Waals surface area (Å²) in [6.45, 7) is 0.298. The molecule has 0 saturated carbocycles. The molecule has 0 aliphatic carbocycles. The van der Waals surface area contributed by atoms with Crippen molar-refractivity contribution in [1.82, 2.24) is 4.72 Å². The lowest BCUT2D eigenvalue weighted by atomic mass is 10.2. The molecule has 0 amide bonds. The van der Waals surface area contributed by atoms with Crippen LogP contribution in [0.5, 0.6) is 5.75 Å². The molecule has 6 nitrogen and oxygen atoms in total. The number of hydrogen-bond donors (Lipinski definition) is 2. The van der Waals surface area contributed by atoms with Crippen molar-refractivity contribution >= 4 is 31.8 Å². The third-order valence-electron chi connectivity index (χ3n) is 3.13. The van der Waals surface area contributed by atoms with Crippen LogP contribution in [-0.4, -0.2) is 13.5 Å². The Kier molecular flexibility index (Phi) is 4.18. The Balaban J connectivity index is 1.93. The van der Waals surface area contributed by atoms with Gasteiger partial charge < -0.3 is 9.84 Å². The minimum Gasteiger partial charge on any atom is -0.493 e. The molecule has 2 aromatic carbocycles. The van der Waals surface area contributed by atoms with Crippen molar-refractivity contribution in [2.24, 2.45) is 0 Å². The lowest BCUT2D eigenvalue weighted by Crippen LogP contribution is -2.29. The molecule has 0 saturated heterocycles. The highest BCUT2D eigenvalue weighted by Crippen LogP contribution is 2.35. The van der Waals surface area contributed by atoms with E-state index in [1.54, 1.807) is 18.2 Å². The first-order valence-corrected chi connectivity index (χ1v) is 8.88. The maximum atomic E-state index is 12.0. The van der Waals surface area contributed by atoms with E-state index >= 15 is 0 Å². The Labute approximate surface area is 142 Å². The van der Waals surface area contributed by atoms with Crippen LogP contribution in [-0.2, 0) is 16.8 Å². The summed E-state index contributed by atoms with van der Waals surface area (Å²) in [5.41, 5.74) is 1.26. The molecule has 2 N–H and O–H groups in total. The van der Waals surface area contributed by atoms with Gasteiger partial charge in [0.05, 0.1) is 6.20 Å². The third-order valence-corrected chi connectivity index (χ3v) is 4.91. The van der Waals surface area contributed by atoms with Gasteiger partial charge in [-0.15, -0.1) is 0 Å². The zero-order valence-electron chi connectivity index (χ0n) is 11.8. The standard InChI is InChI=1S/C15H13BrN2O4S/c16-12-6-7-14(22-10-11-4-2-1-3-5-11)13(8-12)18-9-15(19)17-23(18,20)21/h1-9,17,19H,10H2. The first kappa shape index (κ1) is 15.7. The van der Waals surface area contributed by atoms with E-state index in [2.05, 4.69) is 15.9 Å². The zero-order valence-corrected chi connectivity index (χ0v) is 14.2. The molecule has 1 aliphatic heterocycles. The fourth-order valence-corrected chi connectivity index (χ4v) is 3.51. The first-order chi connectivity index (χ1) is 11.0. The summed E-state index contributed by atoms with van der Waals surface area (Å²) in [6, 6.07) is 14.6. The van der Waals surface area contributed by atoms with Gasteiger partial charge in [0.1, 0.15) is 18.0 Å². The maximum Gasteiger partial charge on any atom is 0.330 e. The summed E-state index contributed by atoms with van der Waals surface area (Å²) in [7, 11) is -3.87. The van der Waals surface area contributed by atoms with Crippen molar-refractivity contribution in [3.05, 3.63) is 70.7 Å². The van der Waals surface area contributed by atoms with E-state index in [0.29, 0.717) is 22.5 Å². The lowest BCUT2D eigenvalue weighted by molar-refractivity contribution is 0.307. The smallest absolute Gasteiger partial charge is 0.330 e. The quantitative estimate of drug-likeness (QED) is 0.832. The highest BCUT2D eigenvalue weighted by atomic mass is 79.9. The first-order valence-electron chi connectivity index (χ1n) is 6.65. The number of aliphatic hydroxyl groups excluding tert-OH is 1. The molecular formula is C15H13BrN2O4S. The number of halogens is 1. The van der Waals surface area contributed by atoms with Crippen molar-refractivity contribution in [2.45, 2.75) is 6.61 Å². The van der Waals surface area contributed by atoms with Crippen molar-refractivity contribution in [3.8, 4) is 5.75 Å². The van der Waals surface area contributed by atoms with Crippen LogP contribution in [0.2, 0.25) is 0 Å². The molecule has 1 heterocycles. The minimum atomic E-state index is -3.87. The van der Waals surface area contributed by atoms with Gasteiger partial charge in [-0.05, 0) is 23.8 Å². The SMILES string of the molecule is O=S1(=O)NC(O)=CN1c1cc(Br)ccc1OCc1ccccc1. The van der Waals surface area contributed by atoms with Gasteiger partial charge >= 0.3 is 10.2 Å². The van der Waals surface area contributed by atoms with E-state index in [1.165, 1.54) is 0 Å². The summed E-state index contributed by atoms with van der Waals surface area (Å²) >= 11 is 3.31. The molecule has 1 aliphatic rings. The molecule has 120 valence electrons. The van der Waals surface area contributed by atoms with E-state index in [-0.39, 0.29) is 0 Å². The molecule has 0 aromatic heterocycles. The topological polar surface area (TPSA) is 78.9 Å². The number of nitrogens with zero attached hydrogens (tertiary/aromatic N) is 1. The second-order valence-corrected chi connectivity index (χ2v) is 7.27. The van der Waals surface area contributed by atoms with E-state index < -0.39 is 16.1 Å². The maximum absolute atomic E-state index is 12.0. The molecule has 3 rings (SSSR count). The Morgan fingerprint density at radius 3 is 2.57 bits per heavy atom. The average molecular weight is 397 g/mol. The molecule has 0 spiro atoms. The number of hydrogen-bond acceptors (Lipinski definition) is 4. The molecular weight excluding hydrogens is 384 g/mol. The number of benzene rings is 2. The number of anilines is 1. The van der Waals surface area contributed by atoms with E-state index in [1.807, 2.05) is 35.1 Å². The Bertz CT molecular complexity index is 853. The number of ether oxygens (including phenoxy) is 1. The van der Waals surface area contributed by atoms with E-state index in [4.69, 9.17) is 4.74 Å². The van der Waals surface area contributed by atoms with Crippen molar-refractivity contribution < 1.29 is 18.3 Å². The monoisotopic (exact) mass is 396 g/mol. The van der Waals surface area contributed by atoms with Gasteiger partial charge in [0.15, 0.2) is 0 Å². The summed E-state index contributed by atoms with van der Waals surface area (Å²) in [6.07, 6.45) is 1.09. The predicted octanol–water partition coefficient (Wildman–Crippen LogP) is 3.04. The highest BCUT2D eigenvalue weighted by molar-refractivity contribution is 9.10. The van der Waals surface area contributed by atoms with Crippen LogP contribution in [0.15, 0.2) is 65.1 Å². The van der Waals surface area contributed by atoms with Gasteiger partial charge in [0.25, 0.3) is 0 Å². The van der Waals surface area contributed by atoms with Crippen LogP contribution in [0.1, 0.15) is 5.56 Å². The number of rotatable bonds is 4. The van der Waals surface area contributed by atoms with Crippen LogP contribution < -0.4 is 13.8 Å². The van der Waals surface area contributed by atoms with E-state index in [9.17, 15) is 13.5 Å². The molecule has 0 unspecified atom stereocenters. The molecule has 8 heteroatoms. The second-order valence-electron chi connectivity index (χ2n) is 4.80. The molecule has 23 heavy (non-hydrogen) atoms. The predicted molar refractivity (Wildman–Crippen MR) is 90.2 cm³/mol. The normalized spacial score (nSPS) is 15.9. The van der Waals surface area contributed by atoms with Crippen LogP contribution in [0, 0.1) is 0 Å². The molecule has 0 atom stereocenters. The Morgan fingerprint density at radius 2 is 1.91 bits per heavy atom. The fourth-order valence-electron chi connectivity index (χ4n) is 2.11. The second kappa shape index (κ2) is 6.13. The van der Waals surface area contributed by atoms with Crippen LogP contribution in [0.25, 0.3) is 0 Å². The highest BCUT2D eigenvalue weighted by Gasteiger charge is 2.31. The van der Waals surface area contributed by atoms with Crippen LogP contribution in [0.3, 0.4) is 0 Å². The van der Waals surface area contributed by atoms with Gasteiger partial charge in [0, 0.05) is 4.47 Å². The summed E-state index contributed by atoms with van der Waals surface area (Å²) in [5, 5.41) is 9.44. The van der Waals surface area contributed by atoms with Gasteiger partial charge in [-0.3, -0.25) is 0 Å². The third kappa shape index (κ3) is 3.43. The number of aliphatic hydroxyl groups is 1. The minimum absolute atomic E-state index is 0.298. The zero-order chi connectivity index (χ0) is 16.4. The van der Waals surface area contributed by atoms with Crippen molar-refractivity contribution in [3.63, 3.8) is 0 Å². The van der Waals surface area contributed by atoms with Gasteiger partial charge in [0.2, 0.25) is 5.88 Å². The fraction of sp³-hybridized carbons (Fsp3) is 0.0667. The lowest BCUT2D eigenvalue weighted by Gasteiger charge is -2.18. The molecule has 0 bridgehead atoms. The molecule has 0 radical (unpaired) electrons. The van der Waals surface area contributed by atoms with E-state index in [0.717, 1.165) is 16.1 Å². The summed E-state index contributed by atoms with van der Waals surface area (Å²) < 4.78 is 33.5. The molecule has 2 aromatic rings. The van der Waals surface area contributed by atoms with Gasteiger partial charge in [-0.25, -0.2) is 9.03 Å². The summed E-state index contributed by atoms with van der Waals surface area (Å²) in [4.78, 5) is 0. The molecule has 0 fully saturated rings. The van der Waals surface area contributed by atoms with Crippen molar-refractivity contribution in [2.75, 3.05) is 4.31 Å². The van der Waals surface area contributed by atoms with Gasteiger partial charge in [-0.1, -0.05) is 46.3 Å². The Hall–Kier alpha value is -2.19. The number of nitrogens with one attached hydrogen (secondary N) is 1. The van der Waals surface area contributed by atoms with Crippen LogP contribution >= 0.6 is 15.9 Å². The van der Waals surface area contributed by atoms with Crippen molar-refractivity contribution in [1.29, 1.82) is 0 Å². The summed E-state index contributed by atoms with van der Waals surface area (Å²) in [5.74, 6) is -0.0626. The van der Waals surface area contributed by atoms with Gasteiger partial charge in [-0.2, -0.15) is 8.42 Å².